The molecule has 1 amide bonds. The Kier molecular flexibility index (Phi) is 8.94. The summed E-state index contributed by atoms with van der Waals surface area (Å²) < 4.78 is 16.2. The first kappa shape index (κ1) is 27.5. The smallest absolute Gasteiger partial charge is 0.295 e. The highest BCUT2D eigenvalue weighted by molar-refractivity contribution is 6.46. The number of halogens is 2. The Labute approximate surface area is 231 Å². The normalized spacial score (nSPS) is 16.6. The Morgan fingerprint density at radius 3 is 2.24 bits per heavy atom. The third-order valence-corrected chi connectivity index (χ3v) is 6.77. The van der Waals surface area contributed by atoms with E-state index in [1.54, 1.807) is 31.4 Å². The molecule has 9 heteroatoms. The number of likely N-dealkylation sites (tertiary alicyclic amines) is 1. The maximum absolute atomic E-state index is 13.2. The molecule has 0 radical (unpaired) electrons. The first-order valence-corrected chi connectivity index (χ1v) is 12.7. The van der Waals surface area contributed by atoms with E-state index in [2.05, 4.69) is 0 Å². The first-order chi connectivity index (χ1) is 18.3. The van der Waals surface area contributed by atoms with Gasteiger partial charge in [-0.2, -0.15) is 0 Å². The van der Waals surface area contributed by atoms with Gasteiger partial charge in [0.05, 0.1) is 28.8 Å². The number of ketones is 1. The predicted octanol–water partition coefficient (Wildman–Crippen LogP) is 6.04. The topological polar surface area (TPSA) is 85.3 Å². The van der Waals surface area contributed by atoms with Crippen LogP contribution >= 0.6 is 23.2 Å². The summed E-state index contributed by atoms with van der Waals surface area (Å²) in [6, 6.07) is 18.9. The minimum absolute atomic E-state index is 0.0531. The van der Waals surface area contributed by atoms with Crippen molar-refractivity contribution in [1.82, 2.24) is 4.90 Å². The third kappa shape index (κ3) is 5.80. The molecule has 7 nitrogen and oxygen atoms in total. The van der Waals surface area contributed by atoms with E-state index in [1.807, 2.05) is 30.3 Å². The molecule has 0 saturated carbocycles. The standard InChI is InChI=1S/C29H27Cl2NO6/c1-36-14-6-13-32-25(19-9-11-21(12-10-19)38-17-18-7-4-3-5-8-18)24(27(34)29(32)35)26(33)20-15-22(30)28(37-2)23(31)16-20/h3-5,7-12,15-16,25,33H,6,13-14,17H2,1-2H3/b26-24+. The lowest BCUT2D eigenvalue weighted by atomic mass is 9.95. The molecule has 0 bridgehead atoms. The molecule has 38 heavy (non-hydrogen) atoms. The molecule has 1 unspecified atom stereocenters. The van der Waals surface area contributed by atoms with Crippen LogP contribution in [0, 0.1) is 0 Å². The lowest BCUT2D eigenvalue weighted by Crippen LogP contribution is -2.31. The Balaban J connectivity index is 1.71. The second kappa shape index (κ2) is 12.3. The van der Waals surface area contributed by atoms with E-state index in [0.29, 0.717) is 30.9 Å². The van der Waals surface area contributed by atoms with Crippen molar-refractivity contribution >= 4 is 40.7 Å². The van der Waals surface area contributed by atoms with Gasteiger partial charge in [0.15, 0.2) is 5.75 Å². The number of aliphatic hydroxyl groups is 1. The molecular weight excluding hydrogens is 529 g/mol. The molecule has 0 aliphatic carbocycles. The second-order valence-corrected chi connectivity index (χ2v) is 9.47. The van der Waals surface area contributed by atoms with Crippen molar-refractivity contribution in [2.45, 2.75) is 19.1 Å². The maximum atomic E-state index is 13.2. The SMILES string of the molecule is COCCCN1C(=O)C(=O)/C(=C(/O)c2cc(Cl)c(OC)c(Cl)c2)C1c1ccc(OCc2ccccc2)cc1. The average molecular weight is 556 g/mol. The molecular formula is C29H27Cl2NO6. The lowest BCUT2D eigenvalue weighted by molar-refractivity contribution is -0.140. The number of rotatable bonds is 10. The molecule has 3 aromatic carbocycles. The fraction of sp³-hybridized carbons (Fsp3) is 0.241. The third-order valence-electron chi connectivity index (χ3n) is 6.21. The molecule has 0 aromatic heterocycles. The van der Waals surface area contributed by atoms with E-state index in [-0.39, 0.29) is 39.2 Å². The van der Waals surface area contributed by atoms with Gasteiger partial charge in [-0.1, -0.05) is 65.7 Å². The van der Waals surface area contributed by atoms with E-state index >= 15 is 0 Å². The maximum Gasteiger partial charge on any atom is 0.295 e. The van der Waals surface area contributed by atoms with E-state index in [4.69, 9.17) is 37.4 Å². The van der Waals surface area contributed by atoms with Gasteiger partial charge in [-0.25, -0.2) is 0 Å². The van der Waals surface area contributed by atoms with E-state index < -0.39 is 17.7 Å². The molecule has 1 aliphatic rings. The summed E-state index contributed by atoms with van der Waals surface area (Å²) in [5.74, 6) is -1.01. The number of aliphatic hydroxyl groups excluding tert-OH is 1. The van der Waals surface area contributed by atoms with Crippen LogP contribution in [0.1, 0.15) is 29.2 Å². The highest BCUT2D eigenvalue weighted by Gasteiger charge is 2.45. The summed E-state index contributed by atoms with van der Waals surface area (Å²) in [6.07, 6.45) is 0.512. The van der Waals surface area contributed by atoms with Crippen molar-refractivity contribution in [2.75, 3.05) is 27.4 Å². The van der Waals surface area contributed by atoms with Crippen LogP contribution in [0.25, 0.3) is 5.76 Å². The number of hydrogen-bond acceptors (Lipinski definition) is 6. The van der Waals surface area contributed by atoms with Gasteiger partial charge in [-0.3, -0.25) is 9.59 Å². The number of ether oxygens (including phenoxy) is 3. The van der Waals surface area contributed by atoms with Crippen LogP contribution in [0.2, 0.25) is 10.0 Å². The zero-order valence-corrected chi connectivity index (χ0v) is 22.5. The zero-order chi connectivity index (χ0) is 27.2. The molecule has 1 saturated heterocycles. The largest absolute Gasteiger partial charge is 0.507 e. The van der Waals surface area contributed by atoms with Gasteiger partial charge in [0, 0.05) is 25.8 Å². The van der Waals surface area contributed by atoms with Gasteiger partial charge in [0.25, 0.3) is 11.7 Å². The number of nitrogens with zero attached hydrogens (tertiary/aromatic N) is 1. The van der Waals surface area contributed by atoms with Crippen LogP contribution in [0.4, 0.5) is 0 Å². The van der Waals surface area contributed by atoms with Crippen LogP contribution in [0.5, 0.6) is 11.5 Å². The van der Waals surface area contributed by atoms with Gasteiger partial charge < -0.3 is 24.2 Å². The Morgan fingerprint density at radius 1 is 0.974 bits per heavy atom. The molecule has 1 aliphatic heterocycles. The highest BCUT2D eigenvalue weighted by atomic mass is 35.5. The van der Waals surface area contributed by atoms with Gasteiger partial charge in [-0.15, -0.1) is 0 Å². The molecule has 0 spiro atoms. The molecule has 3 aromatic rings. The molecule has 4 rings (SSSR count). The zero-order valence-electron chi connectivity index (χ0n) is 20.9. The number of benzene rings is 3. The van der Waals surface area contributed by atoms with Crippen molar-refractivity contribution in [1.29, 1.82) is 0 Å². The van der Waals surface area contributed by atoms with Gasteiger partial charge in [-0.05, 0) is 41.8 Å². The number of carbonyl (C=O) groups excluding carboxylic acids is 2. The first-order valence-electron chi connectivity index (χ1n) is 11.9. The summed E-state index contributed by atoms with van der Waals surface area (Å²) in [7, 11) is 2.99. The van der Waals surface area contributed by atoms with Crippen molar-refractivity contribution in [3.8, 4) is 11.5 Å². The monoisotopic (exact) mass is 555 g/mol. The lowest BCUT2D eigenvalue weighted by Gasteiger charge is -2.25. The van der Waals surface area contributed by atoms with Crippen molar-refractivity contribution in [3.63, 3.8) is 0 Å². The molecule has 1 heterocycles. The fourth-order valence-corrected chi connectivity index (χ4v) is 5.01. The summed E-state index contributed by atoms with van der Waals surface area (Å²) in [5, 5.41) is 11.6. The average Bonchev–Trinajstić information content (AvgIpc) is 3.17. The van der Waals surface area contributed by atoms with Gasteiger partial charge >= 0.3 is 0 Å². The number of methoxy groups -OCH3 is 2. The molecule has 1 atom stereocenters. The summed E-state index contributed by atoms with van der Waals surface area (Å²) in [4.78, 5) is 27.7. The molecule has 1 fully saturated rings. The predicted molar refractivity (Wildman–Crippen MR) is 146 cm³/mol. The fourth-order valence-electron chi connectivity index (χ4n) is 4.37. The summed E-state index contributed by atoms with van der Waals surface area (Å²) >= 11 is 12.6. The number of Topliss-reactive ketones (excluding diaryl/α,β-unsaturated/α-hetero) is 1. The van der Waals surface area contributed by atoms with E-state index in [0.717, 1.165) is 5.56 Å². The highest BCUT2D eigenvalue weighted by Crippen LogP contribution is 2.42. The van der Waals surface area contributed by atoms with Gasteiger partial charge in [0.1, 0.15) is 18.1 Å². The van der Waals surface area contributed by atoms with Crippen LogP contribution < -0.4 is 9.47 Å². The van der Waals surface area contributed by atoms with Crippen LogP contribution in [-0.4, -0.2) is 49.1 Å². The van der Waals surface area contributed by atoms with Crippen molar-refractivity contribution in [3.05, 3.63) is 99.0 Å². The van der Waals surface area contributed by atoms with E-state index in [9.17, 15) is 14.7 Å². The quantitative estimate of drug-likeness (QED) is 0.142. The molecule has 198 valence electrons. The van der Waals surface area contributed by atoms with Crippen molar-refractivity contribution < 1.29 is 28.9 Å². The van der Waals surface area contributed by atoms with Crippen LogP contribution in [0.3, 0.4) is 0 Å². The minimum atomic E-state index is -0.824. The van der Waals surface area contributed by atoms with E-state index in [1.165, 1.54) is 24.1 Å². The van der Waals surface area contributed by atoms with Gasteiger partial charge in [0.2, 0.25) is 0 Å². The Hall–Kier alpha value is -3.52. The summed E-state index contributed by atoms with van der Waals surface area (Å²) in [5.41, 5.74) is 1.81. The Morgan fingerprint density at radius 2 is 1.63 bits per heavy atom. The summed E-state index contributed by atoms with van der Waals surface area (Å²) in [6.45, 7) is 1.07. The second-order valence-electron chi connectivity index (χ2n) is 8.66. The number of carbonyl (C=O) groups is 2. The van der Waals surface area contributed by atoms with Crippen LogP contribution in [0.15, 0.2) is 72.3 Å². The number of amides is 1. The number of hydrogen-bond donors (Lipinski definition) is 1. The Bertz CT molecular complexity index is 1320. The van der Waals surface area contributed by atoms with Crippen LogP contribution in [-0.2, 0) is 20.9 Å². The van der Waals surface area contributed by atoms with Crippen molar-refractivity contribution in [2.24, 2.45) is 0 Å². The molecule has 1 N–H and O–H groups in total. The minimum Gasteiger partial charge on any atom is -0.507 e.